The van der Waals surface area contributed by atoms with Gasteiger partial charge in [0.25, 0.3) is 0 Å². The van der Waals surface area contributed by atoms with Crippen LogP contribution in [0.2, 0.25) is 0 Å². The molecule has 100 valence electrons. The van der Waals surface area contributed by atoms with Crippen LogP contribution in [0, 0.1) is 11.3 Å². The van der Waals surface area contributed by atoms with Crippen molar-refractivity contribution in [3.05, 3.63) is 12.7 Å². The normalized spacial score (nSPS) is 24.8. The second kappa shape index (κ2) is 7.14. The molecule has 3 nitrogen and oxygen atoms in total. The van der Waals surface area contributed by atoms with E-state index in [4.69, 9.17) is 4.74 Å². The number of ether oxygens (including phenoxy) is 1. The van der Waals surface area contributed by atoms with Crippen molar-refractivity contribution in [1.82, 2.24) is 10.2 Å². The predicted octanol–water partition coefficient (Wildman–Crippen LogP) is 1.76. The summed E-state index contributed by atoms with van der Waals surface area (Å²) in [6, 6.07) is 0. The molecule has 0 aromatic rings. The van der Waals surface area contributed by atoms with E-state index in [1.807, 2.05) is 6.08 Å². The molecular formula is C14H28N2O. The zero-order valence-corrected chi connectivity index (χ0v) is 11.7. The van der Waals surface area contributed by atoms with Crippen LogP contribution in [0.15, 0.2) is 12.7 Å². The Kier molecular flexibility index (Phi) is 6.17. The highest BCUT2D eigenvalue weighted by atomic mass is 16.5. The molecule has 1 rings (SSSR count). The smallest absolute Gasteiger partial charge is 0.0589 e. The van der Waals surface area contributed by atoms with Crippen molar-refractivity contribution in [3.8, 4) is 0 Å². The Bertz CT molecular complexity index is 222. The molecule has 1 aliphatic rings. The summed E-state index contributed by atoms with van der Waals surface area (Å²) in [5.74, 6) is 0.715. The van der Waals surface area contributed by atoms with Gasteiger partial charge in [0.15, 0.2) is 0 Å². The van der Waals surface area contributed by atoms with Gasteiger partial charge in [-0.15, -0.1) is 6.58 Å². The van der Waals surface area contributed by atoms with Crippen molar-refractivity contribution < 1.29 is 4.74 Å². The molecule has 3 heteroatoms. The summed E-state index contributed by atoms with van der Waals surface area (Å²) in [4.78, 5) is 2.46. The number of methoxy groups -OCH3 is 1. The van der Waals surface area contributed by atoms with Gasteiger partial charge in [-0.25, -0.2) is 0 Å². The summed E-state index contributed by atoms with van der Waals surface area (Å²) in [6.07, 6.45) is 3.28. The van der Waals surface area contributed by atoms with Gasteiger partial charge in [-0.1, -0.05) is 19.9 Å². The van der Waals surface area contributed by atoms with Crippen molar-refractivity contribution in [2.45, 2.75) is 20.3 Å². The van der Waals surface area contributed by atoms with Gasteiger partial charge in [0.1, 0.15) is 0 Å². The number of hydrogen-bond acceptors (Lipinski definition) is 3. The highest BCUT2D eigenvalue weighted by molar-refractivity contribution is 4.93. The van der Waals surface area contributed by atoms with Crippen molar-refractivity contribution >= 4 is 0 Å². The number of nitrogens with zero attached hydrogens (tertiary/aromatic N) is 1. The molecule has 0 bridgehead atoms. The highest BCUT2D eigenvalue weighted by Crippen LogP contribution is 2.34. The van der Waals surface area contributed by atoms with E-state index >= 15 is 0 Å². The predicted molar refractivity (Wildman–Crippen MR) is 73.3 cm³/mol. The third kappa shape index (κ3) is 4.09. The molecule has 0 aromatic heterocycles. The number of rotatable bonds is 8. The van der Waals surface area contributed by atoms with E-state index in [2.05, 4.69) is 30.6 Å². The second-order valence-corrected chi connectivity index (χ2v) is 5.46. The molecule has 1 fully saturated rings. The van der Waals surface area contributed by atoms with Crippen LogP contribution in [0.5, 0.6) is 0 Å². The quantitative estimate of drug-likeness (QED) is 0.654. The molecule has 0 spiro atoms. The van der Waals surface area contributed by atoms with E-state index in [-0.39, 0.29) is 0 Å². The fourth-order valence-electron chi connectivity index (χ4n) is 2.66. The van der Waals surface area contributed by atoms with Crippen LogP contribution in [-0.4, -0.2) is 51.3 Å². The van der Waals surface area contributed by atoms with Crippen LogP contribution in [0.4, 0.5) is 0 Å². The first kappa shape index (κ1) is 14.7. The zero-order chi connectivity index (χ0) is 12.7. The van der Waals surface area contributed by atoms with Gasteiger partial charge < -0.3 is 10.1 Å². The van der Waals surface area contributed by atoms with E-state index < -0.39 is 0 Å². The zero-order valence-electron chi connectivity index (χ0n) is 11.7. The Morgan fingerprint density at radius 3 is 2.76 bits per heavy atom. The highest BCUT2D eigenvalue weighted by Gasteiger charge is 2.37. The molecule has 1 aliphatic heterocycles. The Balaban J connectivity index is 2.58. The summed E-state index contributed by atoms with van der Waals surface area (Å²) >= 11 is 0. The molecule has 1 unspecified atom stereocenters. The number of hydrogen-bond donors (Lipinski definition) is 1. The Hall–Kier alpha value is -0.380. The molecule has 0 radical (unpaired) electrons. The maximum absolute atomic E-state index is 5.18. The Morgan fingerprint density at radius 1 is 1.53 bits per heavy atom. The summed E-state index contributed by atoms with van der Waals surface area (Å²) in [6.45, 7) is 14.7. The molecule has 0 aliphatic carbocycles. The average Bonchev–Trinajstić information content (AvgIpc) is 2.76. The average molecular weight is 240 g/mol. The van der Waals surface area contributed by atoms with Crippen molar-refractivity contribution in [3.63, 3.8) is 0 Å². The monoisotopic (exact) mass is 240 g/mol. The third-order valence-corrected chi connectivity index (χ3v) is 4.04. The topological polar surface area (TPSA) is 24.5 Å². The summed E-state index contributed by atoms with van der Waals surface area (Å²) in [7, 11) is 1.77. The van der Waals surface area contributed by atoms with Crippen LogP contribution in [0.1, 0.15) is 20.3 Å². The van der Waals surface area contributed by atoms with Crippen molar-refractivity contribution in [2.75, 3.05) is 46.4 Å². The summed E-state index contributed by atoms with van der Waals surface area (Å²) < 4.78 is 5.18. The fourth-order valence-corrected chi connectivity index (χ4v) is 2.66. The molecule has 1 atom stereocenters. The lowest BCUT2D eigenvalue weighted by Gasteiger charge is -2.37. The van der Waals surface area contributed by atoms with Gasteiger partial charge >= 0.3 is 0 Å². The van der Waals surface area contributed by atoms with Gasteiger partial charge in [-0.05, 0) is 24.3 Å². The van der Waals surface area contributed by atoms with E-state index in [9.17, 15) is 0 Å². The van der Waals surface area contributed by atoms with E-state index in [0.717, 1.165) is 39.3 Å². The van der Waals surface area contributed by atoms with Crippen LogP contribution in [0.3, 0.4) is 0 Å². The molecule has 1 saturated heterocycles. The van der Waals surface area contributed by atoms with Crippen molar-refractivity contribution in [2.24, 2.45) is 11.3 Å². The second-order valence-electron chi connectivity index (χ2n) is 5.46. The maximum atomic E-state index is 5.18. The Labute approximate surface area is 106 Å². The largest absolute Gasteiger partial charge is 0.383 e. The summed E-state index contributed by atoms with van der Waals surface area (Å²) in [5.41, 5.74) is 0.427. The van der Waals surface area contributed by atoms with Gasteiger partial charge in [0, 0.05) is 33.3 Å². The number of nitrogens with one attached hydrogen (secondary N) is 1. The molecule has 0 amide bonds. The van der Waals surface area contributed by atoms with Crippen LogP contribution >= 0.6 is 0 Å². The first-order chi connectivity index (χ1) is 8.14. The molecule has 0 aromatic carbocycles. The summed E-state index contributed by atoms with van der Waals surface area (Å²) in [5, 5.41) is 3.51. The maximum Gasteiger partial charge on any atom is 0.0589 e. The lowest BCUT2D eigenvalue weighted by atomic mass is 9.76. The van der Waals surface area contributed by atoms with E-state index in [1.165, 1.54) is 6.42 Å². The fraction of sp³-hybridized carbons (Fsp3) is 0.857. The SMILES string of the molecule is C=CCN(CCOC)CC1(C(C)C)CCNC1. The molecule has 0 saturated carbocycles. The Morgan fingerprint density at radius 2 is 2.29 bits per heavy atom. The van der Waals surface area contributed by atoms with Gasteiger partial charge in [-0.3, -0.25) is 4.90 Å². The minimum absolute atomic E-state index is 0.427. The lowest BCUT2D eigenvalue weighted by molar-refractivity contribution is 0.0955. The van der Waals surface area contributed by atoms with Crippen LogP contribution in [0.25, 0.3) is 0 Å². The molecular weight excluding hydrogens is 212 g/mol. The van der Waals surface area contributed by atoms with E-state index in [1.54, 1.807) is 7.11 Å². The third-order valence-electron chi connectivity index (χ3n) is 4.04. The minimum atomic E-state index is 0.427. The first-order valence-electron chi connectivity index (χ1n) is 6.67. The molecule has 1 heterocycles. The molecule has 17 heavy (non-hydrogen) atoms. The van der Waals surface area contributed by atoms with Crippen LogP contribution in [-0.2, 0) is 4.74 Å². The van der Waals surface area contributed by atoms with E-state index in [0.29, 0.717) is 11.3 Å². The lowest BCUT2D eigenvalue weighted by Crippen LogP contribution is -2.43. The standard InChI is InChI=1S/C14H28N2O/c1-5-8-16(9-10-17-4)12-14(13(2)3)6-7-15-11-14/h5,13,15H,1,6-12H2,2-4H3. The van der Waals surface area contributed by atoms with Crippen molar-refractivity contribution in [1.29, 1.82) is 0 Å². The van der Waals surface area contributed by atoms with Gasteiger partial charge in [0.05, 0.1) is 6.61 Å². The van der Waals surface area contributed by atoms with Gasteiger partial charge in [-0.2, -0.15) is 0 Å². The minimum Gasteiger partial charge on any atom is -0.383 e. The van der Waals surface area contributed by atoms with Crippen LogP contribution < -0.4 is 5.32 Å². The first-order valence-corrected chi connectivity index (χ1v) is 6.67. The van der Waals surface area contributed by atoms with Gasteiger partial charge in [0.2, 0.25) is 0 Å². The molecule has 1 N–H and O–H groups in total.